The summed E-state index contributed by atoms with van der Waals surface area (Å²) in [6.45, 7) is 0.828. The third kappa shape index (κ3) is 4.47. The molecule has 0 aromatic heterocycles. The number of amides is 2. The number of nitrogens with zero attached hydrogens (tertiary/aromatic N) is 2. The molecule has 0 radical (unpaired) electrons. The number of methoxy groups -OCH3 is 1. The molecule has 1 aliphatic rings. The number of aliphatic hydroxyl groups excluding tert-OH is 1. The second-order valence-corrected chi connectivity index (χ2v) is 6.40. The highest BCUT2D eigenvalue weighted by Crippen LogP contribution is 2.24. The molecule has 144 valence electrons. The lowest BCUT2D eigenvalue weighted by atomic mass is 10.0. The number of nitrogens with one attached hydrogen (secondary N) is 1. The second-order valence-electron chi connectivity index (χ2n) is 6.40. The molecule has 7 nitrogen and oxygen atoms in total. The Labute approximate surface area is 150 Å². The Morgan fingerprint density at radius 3 is 2.65 bits per heavy atom. The average molecular weight is 371 g/mol. The number of benzene rings is 1. The summed E-state index contributed by atoms with van der Waals surface area (Å²) >= 11 is 0. The summed E-state index contributed by atoms with van der Waals surface area (Å²) < 4.78 is 32.4. The topological polar surface area (TPSA) is 82.1 Å². The van der Waals surface area contributed by atoms with Crippen LogP contribution < -0.4 is 10.1 Å². The summed E-state index contributed by atoms with van der Waals surface area (Å²) in [5, 5.41) is 12.8. The number of piperidine rings is 1. The van der Waals surface area contributed by atoms with E-state index < -0.39 is 35.3 Å². The average Bonchev–Trinajstić information content (AvgIpc) is 2.59. The van der Waals surface area contributed by atoms with Crippen molar-refractivity contribution in [1.82, 2.24) is 15.1 Å². The van der Waals surface area contributed by atoms with Crippen molar-refractivity contribution >= 4 is 11.8 Å². The van der Waals surface area contributed by atoms with Crippen LogP contribution in [0, 0.1) is 11.6 Å². The minimum Gasteiger partial charge on any atom is -0.496 e. The summed E-state index contributed by atoms with van der Waals surface area (Å²) in [5.41, 5.74) is -0.537. The smallest absolute Gasteiger partial charge is 0.258 e. The van der Waals surface area contributed by atoms with E-state index in [-0.39, 0.29) is 24.7 Å². The van der Waals surface area contributed by atoms with Crippen LogP contribution in [0.25, 0.3) is 0 Å². The standard InChI is InChI=1S/C17H23F2N3O4/c1-21(2)14(24)9-22-7-6-11(12(23)8-22)20-17(25)15-13(26-3)5-4-10(18)16(15)19/h4-5,11-12,23H,6-9H2,1-3H3,(H,20,25)/t11-,12-/m0/s1. The fourth-order valence-corrected chi connectivity index (χ4v) is 2.80. The van der Waals surface area contributed by atoms with E-state index in [0.29, 0.717) is 13.0 Å². The molecule has 0 bridgehead atoms. The van der Waals surface area contributed by atoms with Gasteiger partial charge in [0.1, 0.15) is 11.3 Å². The lowest BCUT2D eigenvalue weighted by Gasteiger charge is -2.36. The van der Waals surface area contributed by atoms with Crippen molar-refractivity contribution in [2.75, 3.05) is 40.8 Å². The molecule has 0 spiro atoms. The summed E-state index contributed by atoms with van der Waals surface area (Å²) in [6.07, 6.45) is -0.572. The van der Waals surface area contributed by atoms with Gasteiger partial charge < -0.3 is 20.1 Å². The summed E-state index contributed by atoms with van der Waals surface area (Å²) in [5.74, 6) is -3.50. The molecule has 1 aromatic carbocycles. The molecule has 2 atom stereocenters. The Hall–Kier alpha value is -2.26. The number of β-amino-alcohol motifs (C(OH)–C–C–N with tert-alkyl or cyclic N) is 1. The number of rotatable bonds is 5. The van der Waals surface area contributed by atoms with Crippen LogP contribution in [0.3, 0.4) is 0 Å². The number of carbonyl (C=O) groups excluding carboxylic acids is 2. The monoisotopic (exact) mass is 371 g/mol. The maximum absolute atomic E-state index is 14.0. The number of halogens is 2. The molecular weight excluding hydrogens is 348 g/mol. The summed E-state index contributed by atoms with van der Waals surface area (Å²) in [6, 6.07) is 1.40. The zero-order valence-corrected chi connectivity index (χ0v) is 15.0. The number of likely N-dealkylation sites (N-methyl/N-ethyl adjacent to an activating group) is 1. The number of hydrogen-bond acceptors (Lipinski definition) is 5. The van der Waals surface area contributed by atoms with Crippen LogP contribution in [0.4, 0.5) is 8.78 Å². The van der Waals surface area contributed by atoms with Gasteiger partial charge in [-0.05, 0) is 18.6 Å². The van der Waals surface area contributed by atoms with Gasteiger partial charge >= 0.3 is 0 Å². The minimum absolute atomic E-state index is 0.0914. The van der Waals surface area contributed by atoms with Crippen molar-refractivity contribution in [3.8, 4) is 5.75 Å². The fraction of sp³-hybridized carbons (Fsp3) is 0.529. The third-order valence-corrected chi connectivity index (χ3v) is 4.34. The van der Waals surface area contributed by atoms with Gasteiger partial charge in [-0.15, -0.1) is 0 Å². The molecule has 1 fully saturated rings. The maximum Gasteiger partial charge on any atom is 0.258 e. The van der Waals surface area contributed by atoms with Crippen LogP contribution >= 0.6 is 0 Å². The lowest BCUT2D eigenvalue weighted by Crippen LogP contribution is -2.55. The SMILES string of the molecule is COc1ccc(F)c(F)c1C(=O)N[C@H]1CCN(CC(=O)N(C)C)C[C@@H]1O. The minimum atomic E-state index is -1.30. The van der Waals surface area contributed by atoms with Gasteiger partial charge in [0.05, 0.1) is 25.8 Å². The largest absolute Gasteiger partial charge is 0.496 e. The number of carbonyl (C=O) groups is 2. The zero-order chi connectivity index (χ0) is 19.4. The van der Waals surface area contributed by atoms with Gasteiger partial charge in [0, 0.05) is 27.2 Å². The van der Waals surface area contributed by atoms with E-state index in [0.717, 1.165) is 6.07 Å². The highest BCUT2D eigenvalue weighted by Gasteiger charge is 2.32. The van der Waals surface area contributed by atoms with E-state index in [1.807, 2.05) is 0 Å². The number of ether oxygens (including phenoxy) is 1. The molecule has 2 amide bonds. The third-order valence-electron chi connectivity index (χ3n) is 4.34. The van der Waals surface area contributed by atoms with E-state index in [1.165, 1.54) is 18.1 Å². The Morgan fingerprint density at radius 2 is 2.08 bits per heavy atom. The summed E-state index contributed by atoms with van der Waals surface area (Å²) in [7, 11) is 4.54. The van der Waals surface area contributed by atoms with Crippen molar-refractivity contribution < 1.29 is 28.2 Å². The molecule has 26 heavy (non-hydrogen) atoms. The molecule has 1 heterocycles. The van der Waals surface area contributed by atoms with Gasteiger partial charge in [0.2, 0.25) is 5.91 Å². The van der Waals surface area contributed by atoms with Crippen molar-refractivity contribution in [3.63, 3.8) is 0 Å². The van der Waals surface area contributed by atoms with E-state index in [1.54, 1.807) is 19.0 Å². The highest BCUT2D eigenvalue weighted by atomic mass is 19.2. The van der Waals surface area contributed by atoms with Crippen LogP contribution in [-0.2, 0) is 4.79 Å². The van der Waals surface area contributed by atoms with Gasteiger partial charge in [-0.2, -0.15) is 0 Å². The number of hydrogen-bond donors (Lipinski definition) is 2. The van der Waals surface area contributed by atoms with Crippen LogP contribution in [0.5, 0.6) is 5.75 Å². The van der Waals surface area contributed by atoms with Crippen LogP contribution in [0.15, 0.2) is 12.1 Å². The molecule has 9 heteroatoms. The van der Waals surface area contributed by atoms with Gasteiger partial charge in [0.15, 0.2) is 11.6 Å². The van der Waals surface area contributed by atoms with Crippen LogP contribution in [0.1, 0.15) is 16.8 Å². The highest BCUT2D eigenvalue weighted by molar-refractivity contribution is 5.97. The molecule has 2 N–H and O–H groups in total. The fourth-order valence-electron chi connectivity index (χ4n) is 2.80. The van der Waals surface area contributed by atoms with Crippen molar-refractivity contribution in [2.45, 2.75) is 18.6 Å². The molecule has 2 rings (SSSR count). The normalized spacial score (nSPS) is 20.5. The molecule has 0 saturated carbocycles. The van der Waals surface area contributed by atoms with E-state index in [2.05, 4.69) is 5.32 Å². The van der Waals surface area contributed by atoms with E-state index in [9.17, 15) is 23.5 Å². The van der Waals surface area contributed by atoms with Gasteiger partial charge in [-0.3, -0.25) is 14.5 Å². The quantitative estimate of drug-likeness (QED) is 0.774. The first-order chi connectivity index (χ1) is 12.2. The Balaban J connectivity index is 2.03. The maximum atomic E-state index is 14.0. The van der Waals surface area contributed by atoms with Gasteiger partial charge in [-0.25, -0.2) is 8.78 Å². The Kier molecular flexibility index (Phi) is 6.49. The number of likely N-dealkylation sites (tertiary alicyclic amines) is 1. The van der Waals surface area contributed by atoms with Crippen LogP contribution in [0.2, 0.25) is 0 Å². The molecule has 0 aliphatic carbocycles. The molecule has 1 aromatic rings. The Bertz CT molecular complexity index is 684. The van der Waals surface area contributed by atoms with E-state index in [4.69, 9.17) is 4.74 Å². The molecular formula is C17H23F2N3O4. The van der Waals surface area contributed by atoms with Gasteiger partial charge in [0.25, 0.3) is 5.91 Å². The molecule has 0 unspecified atom stereocenters. The van der Waals surface area contributed by atoms with Crippen molar-refractivity contribution in [2.24, 2.45) is 0 Å². The van der Waals surface area contributed by atoms with Gasteiger partial charge in [-0.1, -0.05) is 0 Å². The second kappa shape index (κ2) is 8.41. The first-order valence-corrected chi connectivity index (χ1v) is 8.18. The van der Waals surface area contributed by atoms with Crippen LogP contribution in [-0.4, -0.2) is 79.7 Å². The molecule has 1 saturated heterocycles. The van der Waals surface area contributed by atoms with E-state index >= 15 is 0 Å². The zero-order valence-electron chi connectivity index (χ0n) is 15.0. The lowest BCUT2D eigenvalue weighted by molar-refractivity contribution is -0.130. The predicted molar refractivity (Wildman–Crippen MR) is 89.9 cm³/mol. The van der Waals surface area contributed by atoms with Crippen molar-refractivity contribution in [3.05, 3.63) is 29.3 Å². The van der Waals surface area contributed by atoms with Crippen molar-refractivity contribution in [1.29, 1.82) is 0 Å². The number of aliphatic hydroxyl groups is 1. The first-order valence-electron chi connectivity index (χ1n) is 8.18. The Morgan fingerprint density at radius 1 is 1.38 bits per heavy atom. The summed E-state index contributed by atoms with van der Waals surface area (Å²) in [4.78, 5) is 27.4. The predicted octanol–water partition coefficient (Wildman–Crippen LogP) is 0.227. The first kappa shape index (κ1) is 20.1. The molecule has 1 aliphatic heterocycles.